The lowest BCUT2D eigenvalue weighted by molar-refractivity contribution is 0.180. The Morgan fingerprint density at radius 3 is 2.60 bits per heavy atom. The van der Waals surface area contributed by atoms with Crippen molar-refractivity contribution in [2.24, 2.45) is 5.92 Å². The van der Waals surface area contributed by atoms with Crippen molar-refractivity contribution in [1.29, 1.82) is 0 Å². The van der Waals surface area contributed by atoms with Gasteiger partial charge in [-0.15, -0.1) is 0 Å². The lowest BCUT2D eigenvalue weighted by Gasteiger charge is -2.25. The molecule has 1 aromatic rings. The van der Waals surface area contributed by atoms with Crippen LogP contribution in [0, 0.1) is 12.8 Å². The Bertz CT molecular complexity index is 575. The van der Waals surface area contributed by atoms with Crippen LogP contribution in [0.4, 0.5) is 0 Å². The van der Waals surface area contributed by atoms with Gasteiger partial charge in [0, 0.05) is 19.2 Å². The number of rotatable bonds is 5. The van der Waals surface area contributed by atoms with E-state index >= 15 is 0 Å². The van der Waals surface area contributed by atoms with Crippen LogP contribution in [0.2, 0.25) is 0 Å². The second kappa shape index (κ2) is 5.47. The van der Waals surface area contributed by atoms with Gasteiger partial charge in [-0.05, 0) is 43.7 Å². The minimum absolute atomic E-state index is 0.195. The summed E-state index contributed by atoms with van der Waals surface area (Å²) in [7, 11) is -3.38. The van der Waals surface area contributed by atoms with Crippen molar-refractivity contribution < 1.29 is 13.2 Å². The van der Waals surface area contributed by atoms with Gasteiger partial charge < -0.3 is 4.74 Å². The number of hydrogen-bond donors (Lipinski definition) is 0. The Labute approximate surface area is 120 Å². The van der Waals surface area contributed by atoms with Gasteiger partial charge in [0.25, 0.3) is 0 Å². The van der Waals surface area contributed by atoms with Crippen LogP contribution >= 0.6 is 0 Å². The molecule has 0 radical (unpaired) electrons. The Morgan fingerprint density at radius 2 is 2.00 bits per heavy atom. The molecule has 1 heterocycles. The number of nitrogens with zero attached hydrogens (tertiary/aromatic N) is 1. The molecule has 2 aliphatic rings. The largest absolute Gasteiger partial charge is 0.381 e. The van der Waals surface area contributed by atoms with E-state index in [0.29, 0.717) is 24.0 Å². The predicted octanol–water partition coefficient (Wildman–Crippen LogP) is 2.18. The van der Waals surface area contributed by atoms with E-state index in [-0.39, 0.29) is 6.04 Å². The zero-order valence-corrected chi connectivity index (χ0v) is 12.6. The third-order valence-electron chi connectivity index (χ3n) is 4.10. The van der Waals surface area contributed by atoms with Crippen molar-refractivity contribution in [2.45, 2.75) is 37.1 Å². The second-order valence-corrected chi connectivity index (χ2v) is 7.66. The zero-order chi connectivity index (χ0) is 14.2. The summed E-state index contributed by atoms with van der Waals surface area (Å²) in [5.74, 6) is 0.342. The fourth-order valence-corrected chi connectivity index (χ4v) is 4.75. The molecule has 3 rings (SSSR count). The first kappa shape index (κ1) is 14.0. The van der Waals surface area contributed by atoms with Crippen LogP contribution in [0.5, 0.6) is 0 Å². The van der Waals surface area contributed by atoms with Crippen LogP contribution in [0.1, 0.15) is 24.8 Å². The van der Waals surface area contributed by atoms with Crippen LogP contribution in [-0.2, 0) is 14.8 Å². The summed E-state index contributed by atoms with van der Waals surface area (Å²) >= 11 is 0. The summed E-state index contributed by atoms with van der Waals surface area (Å²) in [6.07, 6.45) is 2.93. The molecule has 5 heteroatoms. The van der Waals surface area contributed by atoms with Crippen LogP contribution in [0.15, 0.2) is 29.2 Å². The first-order valence-electron chi connectivity index (χ1n) is 7.24. The average Bonchev–Trinajstić information content (AvgIpc) is 3.12. The minimum atomic E-state index is -3.38. The molecular formula is C15H21NO3S. The third-order valence-corrected chi connectivity index (χ3v) is 6.18. The van der Waals surface area contributed by atoms with Crippen LogP contribution in [0.25, 0.3) is 0 Å². The van der Waals surface area contributed by atoms with Gasteiger partial charge in [0.05, 0.1) is 11.5 Å². The highest BCUT2D eigenvalue weighted by Gasteiger charge is 2.40. The first-order chi connectivity index (χ1) is 9.59. The molecule has 110 valence electrons. The topological polar surface area (TPSA) is 46.6 Å². The fraction of sp³-hybridized carbons (Fsp3) is 0.600. The molecule has 1 unspecified atom stereocenters. The van der Waals surface area contributed by atoms with Gasteiger partial charge in [-0.2, -0.15) is 4.31 Å². The van der Waals surface area contributed by atoms with Gasteiger partial charge in [-0.3, -0.25) is 0 Å². The molecule has 1 saturated carbocycles. The van der Waals surface area contributed by atoms with E-state index in [1.54, 1.807) is 16.4 Å². The van der Waals surface area contributed by atoms with E-state index < -0.39 is 10.0 Å². The van der Waals surface area contributed by atoms with E-state index in [4.69, 9.17) is 4.74 Å². The summed E-state index contributed by atoms with van der Waals surface area (Å²) in [5, 5.41) is 0. The molecule has 20 heavy (non-hydrogen) atoms. The van der Waals surface area contributed by atoms with Crippen molar-refractivity contribution >= 4 is 10.0 Å². The van der Waals surface area contributed by atoms with Gasteiger partial charge in [0.15, 0.2) is 0 Å². The van der Waals surface area contributed by atoms with Gasteiger partial charge in [0.2, 0.25) is 10.0 Å². The normalized spacial score (nSPS) is 23.4. The minimum Gasteiger partial charge on any atom is -0.381 e. The van der Waals surface area contributed by atoms with Gasteiger partial charge in [-0.1, -0.05) is 18.2 Å². The summed E-state index contributed by atoms with van der Waals surface area (Å²) in [6.45, 7) is 3.90. The van der Waals surface area contributed by atoms with Crippen molar-refractivity contribution in [2.75, 3.05) is 19.8 Å². The fourth-order valence-electron chi connectivity index (χ4n) is 2.76. The average molecular weight is 295 g/mol. The van der Waals surface area contributed by atoms with E-state index in [0.717, 1.165) is 31.4 Å². The Kier molecular flexibility index (Phi) is 3.84. The molecule has 0 N–H and O–H groups in total. The maximum atomic E-state index is 12.9. The molecule has 1 aliphatic carbocycles. The molecular weight excluding hydrogens is 274 g/mol. The number of sulfonamides is 1. The lowest BCUT2D eigenvalue weighted by atomic mass is 10.1. The summed E-state index contributed by atoms with van der Waals surface area (Å²) in [4.78, 5) is 0.450. The third kappa shape index (κ3) is 2.75. The van der Waals surface area contributed by atoms with E-state index in [9.17, 15) is 8.42 Å². The molecule has 1 aromatic carbocycles. The van der Waals surface area contributed by atoms with Crippen LogP contribution in [0.3, 0.4) is 0 Å². The van der Waals surface area contributed by atoms with E-state index in [1.807, 2.05) is 19.1 Å². The molecule has 1 aliphatic heterocycles. The SMILES string of the molecule is Cc1ccccc1S(=O)(=O)N(CC1CCOC1)C1CC1. The molecule has 1 atom stereocenters. The molecule has 0 spiro atoms. The highest BCUT2D eigenvalue weighted by molar-refractivity contribution is 7.89. The maximum Gasteiger partial charge on any atom is 0.243 e. The van der Waals surface area contributed by atoms with Crippen LogP contribution in [-0.4, -0.2) is 38.5 Å². The summed E-state index contributed by atoms with van der Waals surface area (Å²) < 4.78 is 32.9. The molecule has 0 bridgehead atoms. The van der Waals surface area contributed by atoms with E-state index in [2.05, 4.69) is 0 Å². The van der Waals surface area contributed by atoms with Gasteiger partial charge in [0.1, 0.15) is 0 Å². The van der Waals surface area contributed by atoms with Crippen molar-refractivity contribution in [3.8, 4) is 0 Å². The standard InChI is InChI=1S/C15H21NO3S/c1-12-4-2-3-5-15(12)20(17,18)16(14-6-7-14)10-13-8-9-19-11-13/h2-5,13-14H,6-11H2,1H3. The first-order valence-corrected chi connectivity index (χ1v) is 8.68. The number of aryl methyl sites for hydroxylation is 1. The van der Waals surface area contributed by atoms with Crippen molar-refractivity contribution in [1.82, 2.24) is 4.31 Å². The highest BCUT2D eigenvalue weighted by atomic mass is 32.2. The monoisotopic (exact) mass is 295 g/mol. The molecule has 0 aromatic heterocycles. The van der Waals surface area contributed by atoms with Crippen molar-refractivity contribution in [3.63, 3.8) is 0 Å². The Balaban J connectivity index is 1.87. The molecule has 2 fully saturated rings. The molecule has 1 saturated heterocycles. The number of benzene rings is 1. The predicted molar refractivity (Wildman–Crippen MR) is 77.0 cm³/mol. The smallest absolute Gasteiger partial charge is 0.243 e. The summed E-state index contributed by atoms with van der Waals surface area (Å²) in [6, 6.07) is 7.44. The van der Waals surface area contributed by atoms with Gasteiger partial charge in [-0.25, -0.2) is 8.42 Å². The number of hydrogen-bond acceptors (Lipinski definition) is 3. The molecule has 0 amide bonds. The van der Waals surface area contributed by atoms with Crippen LogP contribution < -0.4 is 0 Å². The maximum absolute atomic E-state index is 12.9. The molecule has 4 nitrogen and oxygen atoms in total. The zero-order valence-electron chi connectivity index (χ0n) is 11.8. The summed E-state index contributed by atoms with van der Waals surface area (Å²) in [5.41, 5.74) is 0.820. The Morgan fingerprint density at radius 1 is 1.25 bits per heavy atom. The lowest BCUT2D eigenvalue weighted by Crippen LogP contribution is -2.37. The van der Waals surface area contributed by atoms with Crippen molar-refractivity contribution in [3.05, 3.63) is 29.8 Å². The Hall–Kier alpha value is -0.910. The number of ether oxygens (including phenoxy) is 1. The highest BCUT2D eigenvalue weighted by Crippen LogP contribution is 2.34. The van der Waals surface area contributed by atoms with Gasteiger partial charge >= 0.3 is 0 Å². The quantitative estimate of drug-likeness (QED) is 0.836. The second-order valence-electron chi connectivity index (χ2n) is 5.80. The van der Waals surface area contributed by atoms with E-state index in [1.165, 1.54) is 0 Å².